The Morgan fingerprint density at radius 2 is 1.95 bits per heavy atom. The molecule has 1 rings (SSSR count). The molecule has 0 spiro atoms. The zero-order valence-electron chi connectivity index (χ0n) is 11.1. The molecule has 0 aromatic heterocycles. The summed E-state index contributed by atoms with van der Waals surface area (Å²) in [5.74, 6) is -1.83. The quantitative estimate of drug-likeness (QED) is 0.580. The molecule has 0 radical (unpaired) electrons. The summed E-state index contributed by atoms with van der Waals surface area (Å²) in [5.41, 5.74) is 5.82. The van der Waals surface area contributed by atoms with Crippen molar-refractivity contribution in [1.29, 1.82) is 0 Å². The van der Waals surface area contributed by atoms with Gasteiger partial charge in [-0.25, -0.2) is 9.59 Å². The van der Waals surface area contributed by atoms with Crippen LogP contribution in [0.1, 0.15) is 18.4 Å². The van der Waals surface area contributed by atoms with E-state index >= 15 is 0 Å². The predicted molar refractivity (Wildman–Crippen MR) is 79.4 cm³/mol. The Kier molecular flexibility index (Phi) is 6.67. The van der Waals surface area contributed by atoms with E-state index in [1.54, 1.807) is 0 Å². The number of primary amides is 1. The number of carbonyl (C=O) groups excluding carboxylic acids is 2. The number of rotatable bonds is 7. The average Bonchev–Trinajstić information content (AvgIpc) is 2.42. The Hall–Kier alpha value is -2.09. The van der Waals surface area contributed by atoms with Gasteiger partial charge in [-0.15, -0.1) is 0 Å². The fraction of sp³-hybridized carbons (Fsp3) is 0.308. The maximum Gasteiger partial charge on any atom is 0.326 e. The van der Waals surface area contributed by atoms with Crippen LogP contribution in [0.25, 0.3) is 0 Å². The monoisotopic (exact) mass is 357 g/mol. The third-order valence-corrected chi connectivity index (χ3v) is 3.45. The van der Waals surface area contributed by atoms with E-state index in [4.69, 9.17) is 10.8 Å². The van der Waals surface area contributed by atoms with E-state index in [0.29, 0.717) is 0 Å². The minimum Gasteiger partial charge on any atom is -0.480 e. The minimum absolute atomic E-state index is 0.0485. The van der Waals surface area contributed by atoms with Gasteiger partial charge in [-0.1, -0.05) is 34.1 Å². The summed E-state index contributed by atoms with van der Waals surface area (Å²) in [5, 5.41) is 13.8. The van der Waals surface area contributed by atoms with Crippen LogP contribution in [0.3, 0.4) is 0 Å². The normalized spacial score (nSPS) is 11.5. The molecule has 1 aromatic carbocycles. The van der Waals surface area contributed by atoms with Gasteiger partial charge in [0, 0.05) is 17.4 Å². The zero-order chi connectivity index (χ0) is 15.8. The van der Waals surface area contributed by atoms with Gasteiger partial charge in [0.05, 0.1) is 0 Å². The molecule has 7 nitrogen and oxygen atoms in total. The van der Waals surface area contributed by atoms with E-state index in [0.717, 1.165) is 10.0 Å². The number of hydrogen-bond acceptors (Lipinski definition) is 3. The Bertz CT molecular complexity index is 536. The first kappa shape index (κ1) is 17.0. The van der Waals surface area contributed by atoms with Crippen molar-refractivity contribution < 1.29 is 19.5 Å². The van der Waals surface area contributed by atoms with Crippen molar-refractivity contribution in [3.63, 3.8) is 0 Å². The van der Waals surface area contributed by atoms with Crippen LogP contribution in [0, 0.1) is 0 Å². The Balaban J connectivity index is 2.49. The van der Waals surface area contributed by atoms with Gasteiger partial charge in [-0.05, 0) is 18.1 Å². The van der Waals surface area contributed by atoms with Crippen molar-refractivity contribution in [3.05, 3.63) is 34.3 Å². The highest BCUT2D eigenvalue weighted by Crippen LogP contribution is 2.15. The number of nitrogens with two attached hydrogens (primary N) is 1. The minimum atomic E-state index is -1.22. The van der Waals surface area contributed by atoms with Gasteiger partial charge < -0.3 is 21.5 Å². The van der Waals surface area contributed by atoms with Gasteiger partial charge in [-0.3, -0.25) is 4.79 Å². The van der Waals surface area contributed by atoms with Crippen molar-refractivity contribution in [2.24, 2.45) is 5.73 Å². The van der Waals surface area contributed by atoms with Gasteiger partial charge in [-0.2, -0.15) is 0 Å². The molecule has 0 aliphatic heterocycles. The Labute approximate surface area is 130 Å². The lowest BCUT2D eigenvalue weighted by atomic mass is 10.1. The largest absolute Gasteiger partial charge is 0.480 e. The number of carboxylic acid groups (broad SMARTS) is 1. The molecule has 0 saturated carbocycles. The van der Waals surface area contributed by atoms with Crippen LogP contribution >= 0.6 is 15.9 Å². The molecule has 3 amide bonds. The van der Waals surface area contributed by atoms with Crippen LogP contribution in [0.5, 0.6) is 0 Å². The van der Waals surface area contributed by atoms with Crippen LogP contribution in [0.4, 0.5) is 4.79 Å². The number of nitrogens with one attached hydrogen (secondary N) is 2. The van der Waals surface area contributed by atoms with Gasteiger partial charge in [0.25, 0.3) is 0 Å². The van der Waals surface area contributed by atoms with E-state index in [1.165, 1.54) is 0 Å². The van der Waals surface area contributed by atoms with Gasteiger partial charge in [0.1, 0.15) is 6.04 Å². The first-order valence-corrected chi connectivity index (χ1v) is 6.98. The Morgan fingerprint density at radius 1 is 1.29 bits per heavy atom. The van der Waals surface area contributed by atoms with Gasteiger partial charge in [0.2, 0.25) is 5.91 Å². The summed E-state index contributed by atoms with van der Waals surface area (Å²) in [4.78, 5) is 33.3. The van der Waals surface area contributed by atoms with Crippen LogP contribution in [0.15, 0.2) is 28.7 Å². The summed E-state index contributed by atoms with van der Waals surface area (Å²) in [6.45, 7) is 0.245. The molecule has 1 aromatic rings. The van der Waals surface area contributed by atoms with Gasteiger partial charge in [0.15, 0.2) is 0 Å². The van der Waals surface area contributed by atoms with E-state index in [9.17, 15) is 14.4 Å². The third kappa shape index (κ3) is 6.26. The number of urea groups is 1. The lowest BCUT2D eigenvalue weighted by Gasteiger charge is -2.14. The number of carbonyl (C=O) groups is 3. The molecule has 114 valence electrons. The first-order chi connectivity index (χ1) is 9.90. The fourth-order valence-electron chi connectivity index (χ4n) is 1.57. The maximum absolute atomic E-state index is 11.7. The van der Waals surface area contributed by atoms with E-state index in [-0.39, 0.29) is 19.4 Å². The standard InChI is InChI=1S/C13H16BrN3O4/c14-9-4-2-1-3-8(9)7-16-13(21)17-10(12(19)20)5-6-11(15)18/h1-4,10H,5-7H2,(H2,15,18)(H,19,20)(H2,16,17,21)/t10-/m1/s1. The molecule has 0 bridgehead atoms. The summed E-state index contributed by atoms with van der Waals surface area (Å²) in [7, 11) is 0. The molecule has 1 atom stereocenters. The zero-order valence-corrected chi connectivity index (χ0v) is 12.7. The molecule has 0 fully saturated rings. The number of benzene rings is 1. The first-order valence-electron chi connectivity index (χ1n) is 6.19. The summed E-state index contributed by atoms with van der Waals surface area (Å²) >= 11 is 3.34. The van der Waals surface area contributed by atoms with Crippen molar-refractivity contribution in [3.8, 4) is 0 Å². The second-order valence-corrected chi connectivity index (χ2v) is 5.17. The van der Waals surface area contributed by atoms with Crippen molar-refractivity contribution in [2.75, 3.05) is 0 Å². The SMILES string of the molecule is NC(=O)CC[C@@H](NC(=O)NCc1ccccc1Br)C(=O)O. The average molecular weight is 358 g/mol. The molecule has 0 aliphatic rings. The smallest absolute Gasteiger partial charge is 0.326 e. The number of aliphatic carboxylic acids is 1. The van der Waals surface area contributed by atoms with Crippen LogP contribution in [-0.2, 0) is 16.1 Å². The Morgan fingerprint density at radius 3 is 2.52 bits per heavy atom. The summed E-state index contributed by atoms with van der Waals surface area (Å²) in [6.07, 6.45) is -0.158. The topological polar surface area (TPSA) is 122 Å². The maximum atomic E-state index is 11.7. The second kappa shape index (κ2) is 8.25. The summed E-state index contributed by atoms with van der Waals surface area (Å²) in [6, 6.07) is 5.55. The van der Waals surface area contributed by atoms with Crippen molar-refractivity contribution in [2.45, 2.75) is 25.4 Å². The summed E-state index contributed by atoms with van der Waals surface area (Å²) < 4.78 is 0.841. The highest BCUT2D eigenvalue weighted by molar-refractivity contribution is 9.10. The van der Waals surface area contributed by atoms with E-state index in [2.05, 4.69) is 26.6 Å². The van der Waals surface area contributed by atoms with Crippen LogP contribution < -0.4 is 16.4 Å². The number of carboxylic acids is 1. The predicted octanol–water partition coefficient (Wildman–Crippen LogP) is 0.967. The number of halogens is 1. The molecule has 0 heterocycles. The van der Waals surface area contributed by atoms with Crippen molar-refractivity contribution in [1.82, 2.24) is 10.6 Å². The molecule has 8 heteroatoms. The molecule has 5 N–H and O–H groups in total. The van der Waals surface area contributed by atoms with Crippen molar-refractivity contribution >= 4 is 33.8 Å². The molecule has 0 unspecified atom stereocenters. The van der Waals surface area contributed by atoms with Crippen LogP contribution in [0.2, 0.25) is 0 Å². The van der Waals surface area contributed by atoms with E-state index < -0.39 is 23.9 Å². The number of hydrogen-bond donors (Lipinski definition) is 4. The lowest BCUT2D eigenvalue weighted by molar-refractivity contribution is -0.139. The molecular formula is C13H16BrN3O4. The number of amides is 3. The third-order valence-electron chi connectivity index (χ3n) is 2.68. The highest BCUT2D eigenvalue weighted by atomic mass is 79.9. The molecule has 0 aliphatic carbocycles. The van der Waals surface area contributed by atoms with E-state index in [1.807, 2.05) is 24.3 Å². The van der Waals surface area contributed by atoms with Crippen LogP contribution in [-0.4, -0.2) is 29.1 Å². The molecular weight excluding hydrogens is 342 g/mol. The molecule has 0 saturated heterocycles. The molecule has 21 heavy (non-hydrogen) atoms. The highest BCUT2D eigenvalue weighted by Gasteiger charge is 2.20. The van der Waals surface area contributed by atoms with Gasteiger partial charge >= 0.3 is 12.0 Å². The second-order valence-electron chi connectivity index (χ2n) is 4.31. The lowest BCUT2D eigenvalue weighted by Crippen LogP contribution is -2.46. The fourth-order valence-corrected chi connectivity index (χ4v) is 2.00.